The standard InChI is InChI=1S/C27H30ClF2N5O4/c1-17(36)13-31-10-4-6-22(35(2)26(37)33-15-19-5-3-7-23(30)25(19)28)16-39-27(38)34-24-12-20-11-21(29)9-8-18(20)14-32-24/h3,5,7-9,11-12,14,22,31,36H,1,4,6,10,13,15-16H2,2H3,(H,33,37)(H,32,34,38)/t22-/m0/s1. The van der Waals surface area contributed by atoms with Gasteiger partial charge in [-0.3, -0.25) is 5.32 Å². The quantitative estimate of drug-likeness (QED) is 0.175. The number of aliphatic hydroxyl groups excluding tert-OH is 1. The summed E-state index contributed by atoms with van der Waals surface area (Å²) in [5, 5.41) is 18.6. The molecule has 3 rings (SSSR count). The maximum Gasteiger partial charge on any atom is 0.412 e. The van der Waals surface area contributed by atoms with Gasteiger partial charge in [0.05, 0.1) is 23.4 Å². The summed E-state index contributed by atoms with van der Waals surface area (Å²) in [6.07, 6.45) is 1.76. The van der Waals surface area contributed by atoms with Crippen LogP contribution in [0.1, 0.15) is 18.4 Å². The monoisotopic (exact) mass is 561 g/mol. The number of hydrogen-bond donors (Lipinski definition) is 4. The summed E-state index contributed by atoms with van der Waals surface area (Å²) in [6.45, 7) is 4.04. The zero-order chi connectivity index (χ0) is 28.4. The highest BCUT2D eigenvalue weighted by Gasteiger charge is 2.22. The van der Waals surface area contributed by atoms with E-state index in [2.05, 4.69) is 27.5 Å². The number of amides is 3. The predicted molar refractivity (Wildman–Crippen MR) is 146 cm³/mol. The van der Waals surface area contributed by atoms with Crippen molar-refractivity contribution in [2.24, 2.45) is 0 Å². The number of pyridine rings is 1. The Bertz CT molecular complexity index is 1330. The van der Waals surface area contributed by atoms with Gasteiger partial charge in [-0.05, 0) is 60.7 Å². The molecule has 0 aliphatic carbocycles. The molecule has 0 saturated heterocycles. The maximum atomic E-state index is 13.7. The van der Waals surface area contributed by atoms with Crippen molar-refractivity contribution in [1.29, 1.82) is 0 Å². The minimum Gasteiger partial charge on any atom is -0.512 e. The van der Waals surface area contributed by atoms with Crippen LogP contribution in [0.3, 0.4) is 0 Å². The third kappa shape index (κ3) is 9.08. The topological polar surface area (TPSA) is 116 Å². The van der Waals surface area contributed by atoms with Crippen LogP contribution in [0.2, 0.25) is 5.02 Å². The van der Waals surface area contributed by atoms with Gasteiger partial charge in [-0.15, -0.1) is 0 Å². The number of aromatic nitrogens is 1. The van der Waals surface area contributed by atoms with Crippen LogP contribution in [0, 0.1) is 11.6 Å². The molecule has 0 aliphatic rings. The Morgan fingerprint density at radius 1 is 1.21 bits per heavy atom. The fraction of sp³-hybridized carbons (Fsp3) is 0.296. The van der Waals surface area contributed by atoms with E-state index in [1.54, 1.807) is 19.2 Å². The van der Waals surface area contributed by atoms with E-state index in [4.69, 9.17) is 16.3 Å². The van der Waals surface area contributed by atoms with Crippen molar-refractivity contribution in [2.45, 2.75) is 25.4 Å². The van der Waals surface area contributed by atoms with Gasteiger partial charge in [-0.2, -0.15) is 0 Å². The molecular weight excluding hydrogens is 532 g/mol. The average Bonchev–Trinajstić information content (AvgIpc) is 2.90. The first-order chi connectivity index (χ1) is 18.6. The highest BCUT2D eigenvalue weighted by Crippen LogP contribution is 2.20. The summed E-state index contributed by atoms with van der Waals surface area (Å²) in [6, 6.07) is 9.09. The first-order valence-electron chi connectivity index (χ1n) is 12.1. The van der Waals surface area contributed by atoms with E-state index in [0.29, 0.717) is 35.7 Å². The lowest BCUT2D eigenvalue weighted by molar-refractivity contribution is 0.113. The summed E-state index contributed by atoms with van der Waals surface area (Å²) < 4.78 is 32.6. The summed E-state index contributed by atoms with van der Waals surface area (Å²) in [4.78, 5) is 30.8. The van der Waals surface area contributed by atoms with Gasteiger partial charge in [0.25, 0.3) is 0 Å². The van der Waals surface area contributed by atoms with Crippen molar-refractivity contribution in [3.63, 3.8) is 0 Å². The molecule has 0 radical (unpaired) electrons. The second-order valence-corrected chi connectivity index (χ2v) is 9.18. The highest BCUT2D eigenvalue weighted by atomic mass is 35.5. The van der Waals surface area contributed by atoms with Crippen molar-refractivity contribution in [3.05, 3.63) is 83.2 Å². The number of halogens is 3. The molecule has 0 unspecified atom stereocenters. The van der Waals surface area contributed by atoms with Crippen LogP contribution < -0.4 is 16.0 Å². The first kappa shape index (κ1) is 29.6. The fourth-order valence-corrected chi connectivity index (χ4v) is 3.92. The fourth-order valence-electron chi connectivity index (χ4n) is 3.72. The average molecular weight is 562 g/mol. The molecule has 3 aromatic rings. The zero-order valence-corrected chi connectivity index (χ0v) is 22.1. The summed E-state index contributed by atoms with van der Waals surface area (Å²) >= 11 is 5.97. The van der Waals surface area contributed by atoms with Gasteiger partial charge in [-0.1, -0.05) is 30.3 Å². The number of benzene rings is 2. The molecule has 12 heteroatoms. The number of nitrogens with one attached hydrogen (secondary N) is 3. The Morgan fingerprint density at radius 3 is 2.77 bits per heavy atom. The SMILES string of the molecule is C=C(O)CNCCC[C@@H](COC(=O)Nc1cc2cc(F)ccc2cn1)N(C)C(=O)NCc1cccc(F)c1Cl. The number of aliphatic hydroxyl groups is 1. The Hall–Kier alpha value is -3.96. The van der Waals surface area contributed by atoms with Gasteiger partial charge >= 0.3 is 12.1 Å². The molecule has 3 amide bonds. The van der Waals surface area contributed by atoms with Gasteiger partial charge < -0.3 is 25.4 Å². The molecular formula is C27H30ClF2N5O4. The lowest BCUT2D eigenvalue weighted by Crippen LogP contribution is -2.46. The van der Waals surface area contributed by atoms with Crippen molar-refractivity contribution < 1.29 is 28.2 Å². The number of likely N-dealkylation sites (N-methyl/N-ethyl adjacent to an activating group) is 1. The van der Waals surface area contributed by atoms with Crippen LogP contribution in [0.4, 0.5) is 24.2 Å². The number of rotatable bonds is 12. The molecule has 0 aliphatic heterocycles. The van der Waals surface area contributed by atoms with Gasteiger partial charge in [0.2, 0.25) is 0 Å². The zero-order valence-electron chi connectivity index (χ0n) is 21.3. The van der Waals surface area contributed by atoms with Gasteiger partial charge in [0.1, 0.15) is 24.1 Å². The molecule has 208 valence electrons. The van der Waals surface area contributed by atoms with E-state index in [0.717, 1.165) is 0 Å². The molecule has 1 atom stereocenters. The van der Waals surface area contributed by atoms with Crippen molar-refractivity contribution in [1.82, 2.24) is 20.5 Å². The van der Waals surface area contributed by atoms with E-state index >= 15 is 0 Å². The minimum absolute atomic E-state index is 0.00221. The van der Waals surface area contributed by atoms with Crippen LogP contribution >= 0.6 is 11.6 Å². The molecule has 0 saturated carbocycles. The van der Waals surface area contributed by atoms with Crippen molar-refractivity contribution in [3.8, 4) is 0 Å². The van der Waals surface area contributed by atoms with Crippen LogP contribution in [0.25, 0.3) is 10.8 Å². The molecule has 1 aromatic heterocycles. The molecule has 2 aromatic carbocycles. The van der Waals surface area contributed by atoms with Gasteiger partial charge in [0.15, 0.2) is 0 Å². The predicted octanol–water partition coefficient (Wildman–Crippen LogP) is 5.37. The minimum atomic E-state index is -0.793. The lowest BCUT2D eigenvalue weighted by atomic mass is 10.1. The third-order valence-corrected chi connectivity index (χ3v) is 6.29. The number of anilines is 1. The largest absolute Gasteiger partial charge is 0.512 e. The van der Waals surface area contributed by atoms with Crippen LogP contribution in [0.15, 0.2) is 61.0 Å². The number of urea groups is 1. The molecule has 9 nitrogen and oxygen atoms in total. The second kappa shape index (κ2) is 14.3. The van der Waals surface area contributed by atoms with E-state index in [-0.39, 0.29) is 36.3 Å². The Labute approximate surface area is 229 Å². The third-order valence-electron chi connectivity index (χ3n) is 5.87. The van der Waals surface area contributed by atoms with Crippen LogP contribution in [-0.4, -0.2) is 59.9 Å². The second-order valence-electron chi connectivity index (χ2n) is 8.81. The molecule has 0 bridgehead atoms. The van der Waals surface area contributed by atoms with E-state index < -0.39 is 29.8 Å². The number of nitrogens with zero attached hydrogens (tertiary/aromatic N) is 2. The highest BCUT2D eigenvalue weighted by molar-refractivity contribution is 6.31. The van der Waals surface area contributed by atoms with Gasteiger partial charge in [-0.25, -0.2) is 23.4 Å². The van der Waals surface area contributed by atoms with E-state index in [1.165, 1.54) is 41.4 Å². The van der Waals surface area contributed by atoms with Crippen LogP contribution in [-0.2, 0) is 11.3 Å². The summed E-state index contributed by atoms with van der Waals surface area (Å²) in [5.74, 6) is -0.813. The number of ether oxygens (including phenoxy) is 1. The number of fused-ring (bicyclic) bond motifs is 1. The first-order valence-corrected chi connectivity index (χ1v) is 12.5. The maximum absolute atomic E-state index is 13.7. The number of carbonyl (C=O) groups excluding carboxylic acids is 2. The Balaban J connectivity index is 1.59. The molecule has 0 fully saturated rings. The Morgan fingerprint density at radius 2 is 2.00 bits per heavy atom. The van der Waals surface area contributed by atoms with Crippen LogP contribution in [0.5, 0.6) is 0 Å². The number of hydrogen-bond acceptors (Lipinski definition) is 6. The van der Waals surface area contributed by atoms with Crippen molar-refractivity contribution >= 4 is 40.3 Å². The van der Waals surface area contributed by atoms with Gasteiger partial charge in [0, 0.05) is 25.2 Å². The van der Waals surface area contributed by atoms with Crippen molar-refractivity contribution in [2.75, 3.05) is 32.1 Å². The lowest BCUT2D eigenvalue weighted by Gasteiger charge is -2.28. The van der Waals surface area contributed by atoms with E-state index in [1.807, 2.05) is 0 Å². The molecule has 4 N–H and O–H groups in total. The van der Waals surface area contributed by atoms with E-state index in [9.17, 15) is 23.5 Å². The normalized spacial score (nSPS) is 11.6. The Kier molecular flexibility index (Phi) is 10.8. The molecule has 1 heterocycles. The summed E-state index contributed by atoms with van der Waals surface area (Å²) in [5.41, 5.74) is 0.418. The molecule has 0 spiro atoms. The summed E-state index contributed by atoms with van der Waals surface area (Å²) in [7, 11) is 1.55. The molecule has 39 heavy (non-hydrogen) atoms. The smallest absolute Gasteiger partial charge is 0.412 e. The number of carbonyl (C=O) groups is 2.